The first-order chi connectivity index (χ1) is 9.41. The van der Waals surface area contributed by atoms with E-state index in [1.807, 2.05) is 0 Å². The maximum Gasteiger partial charge on any atom is 0.336 e. The van der Waals surface area contributed by atoms with Crippen molar-refractivity contribution >= 4 is 15.7 Å². The molecule has 1 rings (SSSR count). The molecule has 0 aliphatic heterocycles. The van der Waals surface area contributed by atoms with Crippen LogP contribution in [0.15, 0.2) is 29.2 Å². The predicted octanol–water partition coefficient (Wildman–Crippen LogP) is 1.24. The summed E-state index contributed by atoms with van der Waals surface area (Å²) in [6.07, 6.45) is 2.37. The largest absolute Gasteiger partial charge is 0.336 e. The van der Waals surface area contributed by atoms with Gasteiger partial charge in [-0.15, -0.1) is 0 Å². The van der Waals surface area contributed by atoms with Crippen LogP contribution in [0.5, 0.6) is 0 Å². The minimum atomic E-state index is -3.80. The lowest BCUT2D eigenvalue weighted by atomic mass is 10.2. The van der Waals surface area contributed by atoms with Crippen LogP contribution in [0.2, 0.25) is 0 Å². The molecule has 0 spiro atoms. The van der Waals surface area contributed by atoms with Gasteiger partial charge < -0.3 is 5.73 Å². The Bertz CT molecular complexity index is 560. The maximum absolute atomic E-state index is 12.3. The van der Waals surface area contributed by atoms with Crippen molar-refractivity contribution in [2.45, 2.75) is 24.2 Å². The van der Waals surface area contributed by atoms with E-state index in [9.17, 15) is 13.3 Å². The summed E-state index contributed by atoms with van der Waals surface area (Å²) < 4.78 is 25.9. The van der Waals surface area contributed by atoms with Crippen molar-refractivity contribution in [3.8, 4) is 0 Å². The Morgan fingerprint density at radius 3 is 2.50 bits per heavy atom. The van der Waals surface area contributed by atoms with Gasteiger partial charge in [0.1, 0.15) is 0 Å². The summed E-state index contributed by atoms with van der Waals surface area (Å²) in [5.41, 5.74) is 5.09. The van der Waals surface area contributed by atoms with E-state index in [2.05, 4.69) is 0 Å². The molecule has 1 aromatic carbocycles. The van der Waals surface area contributed by atoms with E-state index < -0.39 is 14.9 Å². The van der Waals surface area contributed by atoms with Crippen LogP contribution in [0.4, 0.5) is 5.69 Å². The second kappa shape index (κ2) is 7.32. The first-order valence-corrected chi connectivity index (χ1v) is 7.77. The molecule has 0 aromatic heterocycles. The Kier molecular flexibility index (Phi) is 6.05. The fourth-order valence-corrected chi connectivity index (χ4v) is 3.14. The molecule has 20 heavy (non-hydrogen) atoms. The number of unbranched alkanes of at least 4 members (excludes halogenated alkanes) is 2. The van der Waals surface area contributed by atoms with Gasteiger partial charge in [-0.25, -0.2) is 17.9 Å². The molecule has 1 aromatic rings. The van der Waals surface area contributed by atoms with Gasteiger partial charge in [0.05, 0.1) is 4.91 Å². The first-order valence-electron chi connectivity index (χ1n) is 6.33. The number of hydrogen-bond donors (Lipinski definition) is 2. The Morgan fingerprint density at radius 1 is 1.25 bits per heavy atom. The van der Waals surface area contributed by atoms with Gasteiger partial charge in [0, 0.05) is 19.7 Å². The molecule has 112 valence electrons. The Balaban J connectivity index is 2.90. The lowest BCUT2D eigenvalue weighted by molar-refractivity contribution is -0.731. The molecular weight excluding hydrogens is 282 g/mol. The summed E-state index contributed by atoms with van der Waals surface area (Å²) in [5, 5.41) is 8.98. The fourth-order valence-electron chi connectivity index (χ4n) is 1.78. The molecule has 0 unspecified atom stereocenters. The molecule has 0 radical (unpaired) electrons. The van der Waals surface area contributed by atoms with Crippen LogP contribution in [-0.2, 0) is 10.0 Å². The quantitative estimate of drug-likeness (QED) is 0.555. The monoisotopic (exact) mass is 302 g/mol. The van der Waals surface area contributed by atoms with Crippen LogP contribution < -0.4 is 5.73 Å². The normalized spacial score (nSPS) is 11.8. The Hall–Kier alpha value is -1.51. The van der Waals surface area contributed by atoms with Crippen molar-refractivity contribution in [3.05, 3.63) is 29.2 Å². The van der Waals surface area contributed by atoms with Gasteiger partial charge in [0.25, 0.3) is 4.92 Å². The first kappa shape index (κ1) is 16.5. The number of hydrogen-bond acceptors (Lipinski definition) is 4. The second-order valence-electron chi connectivity index (χ2n) is 4.42. The molecule has 0 saturated carbocycles. The lowest BCUT2D eigenvalue weighted by Gasteiger charge is -2.16. The Labute approximate surface area is 118 Å². The number of para-hydroxylation sites is 1. The fraction of sp³-hybridized carbons (Fsp3) is 0.500. The standard InChI is InChI=1S/C12H20N3O4S/c1-14(10-6-2-5-9-13)20(18,19)12-8-4-3-7-11(12)15(16)17/h3-4,7-8H,2,5-6,9-10,13H2,1H3,(H,16,17)/q+1. The third kappa shape index (κ3) is 3.99. The second-order valence-corrected chi connectivity index (χ2v) is 6.43. The van der Waals surface area contributed by atoms with Crippen LogP contribution >= 0.6 is 0 Å². The molecule has 0 aliphatic carbocycles. The minimum Gasteiger partial charge on any atom is -0.330 e. The van der Waals surface area contributed by atoms with Crippen LogP contribution in [0.25, 0.3) is 0 Å². The number of nitrogens with two attached hydrogens (primary N) is 1. The van der Waals surface area contributed by atoms with Crippen molar-refractivity contribution in [3.63, 3.8) is 0 Å². The molecule has 0 aliphatic rings. The maximum atomic E-state index is 12.3. The van der Waals surface area contributed by atoms with Crippen LogP contribution in [-0.4, -0.2) is 43.0 Å². The molecule has 0 fully saturated rings. The molecular formula is C12H20N3O4S+. The SMILES string of the molecule is CN(CCCCCN)S(=O)(=O)c1ccccc1[N+](=O)O. The summed E-state index contributed by atoms with van der Waals surface area (Å²) >= 11 is 0. The number of benzene rings is 1. The van der Waals surface area contributed by atoms with Crippen molar-refractivity contribution < 1.29 is 18.5 Å². The predicted molar refractivity (Wildman–Crippen MR) is 74.2 cm³/mol. The van der Waals surface area contributed by atoms with Gasteiger partial charge in [-0.05, 0) is 25.5 Å². The summed E-state index contributed by atoms with van der Waals surface area (Å²) in [5.74, 6) is 0. The lowest BCUT2D eigenvalue weighted by Crippen LogP contribution is -2.28. The highest BCUT2D eigenvalue weighted by atomic mass is 32.2. The minimum absolute atomic E-state index is 0.209. The number of rotatable bonds is 8. The van der Waals surface area contributed by atoms with E-state index in [-0.39, 0.29) is 10.6 Å². The highest BCUT2D eigenvalue weighted by Gasteiger charge is 2.30. The van der Waals surface area contributed by atoms with Gasteiger partial charge in [0.15, 0.2) is 4.90 Å². The van der Waals surface area contributed by atoms with Crippen molar-refractivity contribution in [1.82, 2.24) is 4.31 Å². The highest BCUT2D eigenvalue weighted by Crippen LogP contribution is 2.25. The van der Waals surface area contributed by atoms with Gasteiger partial charge in [-0.1, -0.05) is 18.6 Å². The highest BCUT2D eigenvalue weighted by molar-refractivity contribution is 7.89. The molecule has 3 N–H and O–H groups in total. The summed E-state index contributed by atoms with van der Waals surface area (Å²) in [4.78, 5) is 10.4. The van der Waals surface area contributed by atoms with Gasteiger partial charge in [-0.3, -0.25) is 0 Å². The average molecular weight is 302 g/mol. The number of nitrogens with zero attached hydrogens (tertiary/aromatic N) is 2. The zero-order valence-corrected chi connectivity index (χ0v) is 12.2. The molecule has 0 bridgehead atoms. The van der Waals surface area contributed by atoms with Crippen molar-refractivity contribution in [2.24, 2.45) is 5.73 Å². The summed E-state index contributed by atoms with van der Waals surface area (Å²) in [7, 11) is -2.36. The molecule has 0 saturated heterocycles. The van der Waals surface area contributed by atoms with Crippen LogP contribution in [0.3, 0.4) is 0 Å². The third-order valence-electron chi connectivity index (χ3n) is 2.94. The van der Waals surface area contributed by atoms with E-state index in [1.54, 1.807) is 0 Å². The van der Waals surface area contributed by atoms with Crippen molar-refractivity contribution in [1.29, 1.82) is 0 Å². The summed E-state index contributed by atoms with van der Waals surface area (Å²) in [6, 6.07) is 5.53. The smallest absolute Gasteiger partial charge is 0.330 e. The zero-order valence-electron chi connectivity index (χ0n) is 11.4. The molecule has 0 amide bonds. The van der Waals surface area contributed by atoms with Crippen LogP contribution in [0.1, 0.15) is 19.3 Å². The van der Waals surface area contributed by atoms with E-state index >= 15 is 0 Å². The van der Waals surface area contributed by atoms with Gasteiger partial charge in [-0.2, -0.15) is 0 Å². The number of sulfonamides is 1. The molecule has 0 atom stereocenters. The van der Waals surface area contributed by atoms with Gasteiger partial charge >= 0.3 is 5.69 Å². The van der Waals surface area contributed by atoms with Crippen LogP contribution in [0, 0.1) is 4.91 Å². The zero-order chi connectivity index (χ0) is 15.2. The average Bonchev–Trinajstić information content (AvgIpc) is 2.43. The topological polar surface area (TPSA) is 104 Å². The summed E-state index contributed by atoms with van der Waals surface area (Å²) in [6.45, 7) is 0.913. The molecule has 8 heteroatoms. The third-order valence-corrected chi connectivity index (χ3v) is 4.84. The van der Waals surface area contributed by atoms with E-state index in [0.717, 1.165) is 12.8 Å². The molecule has 7 nitrogen and oxygen atoms in total. The van der Waals surface area contributed by atoms with Crippen molar-refractivity contribution in [2.75, 3.05) is 20.1 Å². The van der Waals surface area contributed by atoms with E-state index in [1.165, 1.54) is 35.6 Å². The van der Waals surface area contributed by atoms with E-state index in [4.69, 9.17) is 10.9 Å². The Morgan fingerprint density at radius 2 is 1.90 bits per heavy atom. The van der Waals surface area contributed by atoms with E-state index in [0.29, 0.717) is 19.5 Å². The molecule has 0 heterocycles. The van der Waals surface area contributed by atoms with Gasteiger partial charge in [0.2, 0.25) is 10.0 Å².